The molecule has 1 aliphatic rings. The van der Waals surface area contributed by atoms with E-state index >= 15 is 0 Å². The maximum atomic E-state index is 11.7. The van der Waals surface area contributed by atoms with Crippen molar-refractivity contribution in [2.75, 3.05) is 38.1 Å². The highest BCUT2D eigenvalue weighted by atomic mass is 32.2. The molecule has 2 aromatic carbocycles. The minimum Gasteiger partial charge on any atom is -0.369 e. The van der Waals surface area contributed by atoms with Crippen LogP contribution in [0.4, 0.5) is 5.69 Å². The summed E-state index contributed by atoms with van der Waals surface area (Å²) in [5.74, 6) is 0. The average molecular weight is 453 g/mol. The number of hydrogen-bond acceptors (Lipinski definition) is 6. The predicted octanol–water partition coefficient (Wildman–Crippen LogP) is 3.86. The molecule has 0 bridgehead atoms. The Morgan fingerprint density at radius 3 is 2.39 bits per heavy atom. The summed E-state index contributed by atoms with van der Waals surface area (Å²) in [6.45, 7) is 5.83. The molecule has 1 aliphatic heterocycles. The number of benzene rings is 2. The van der Waals surface area contributed by atoms with Gasteiger partial charge in [0.1, 0.15) is 6.07 Å². The van der Waals surface area contributed by atoms with Gasteiger partial charge in [0.25, 0.3) is 0 Å². The van der Waals surface area contributed by atoms with Crippen LogP contribution >= 0.6 is 11.3 Å². The third-order valence-electron chi connectivity index (χ3n) is 5.68. The number of primary sulfonamides is 1. The fourth-order valence-electron chi connectivity index (χ4n) is 3.82. The second kappa shape index (κ2) is 8.44. The maximum absolute atomic E-state index is 11.7. The molecule has 0 aliphatic carbocycles. The van der Waals surface area contributed by atoms with Gasteiger partial charge in [-0.1, -0.05) is 18.2 Å². The van der Waals surface area contributed by atoms with Gasteiger partial charge in [0.15, 0.2) is 4.91 Å². The van der Waals surface area contributed by atoms with Crippen molar-refractivity contribution >= 4 is 43.4 Å². The van der Waals surface area contributed by atoms with Gasteiger partial charge in [0.2, 0.25) is 10.0 Å². The molecule has 2 N–H and O–H groups in total. The fraction of sp³-hybridized carbons (Fsp3) is 0.261. The maximum Gasteiger partial charge on any atom is 0.248 e. The Kier molecular flexibility index (Phi) is 5.86. The number of rotatable bonds is 4. The number of hydrogen-bond donors (Lipinski definition) is 1. The quantitative estimate of drug-likeness (QED) is 0.607. The molecule has 0 radical (unpaired) electrons. The van der Waals surface area contributed by atoms with Crippen molar-refractivity contribution in [3.63, 3.8) is 0 Å². The molecule has 0 atom stereocenters. The Morgan fingerprint density at radius 2 is 1.71 bits per heavy atom. The van der Waals surface area contributed by atoms with Gasteiger partial charge in [-0.15, -0.1) is 11.3 Å². The van der Waals surface area contributed by atoms with Crippen molar-refractivity contribution in [1.82, 2.24) is 4.90 Å². The van der Waals surface area contributed by atoms with Crippen molar-refractivity contribution < 1.29 is 8.42 Å². The van der Waals surface area contributed by atoms with E-state index in [2.05, 4.69) is 53.2 Å². The number of nitrogens with zero attached hydrogens (tertiary/aromatic N) is 3. The summed E-state index contributed by atoms with van der Waals surface area (Å²) in [5, 5.41) is 16.7. The third-order valence-corrected chi connectivity index (χ3v) is 7.90. The Balaban J connectivity index is 1.63. The fourth-order valence-corrected chi connectivity index (χ4v) is 5.55. The van der Waals surface area contributed by atoms with Gasteiger partial charge in [-0.3, -0.25) is 0 Å². The van der Waals surface area contributed by atoms with Gasteiger partial charge in [-0.2, -0.15) is 5.26 Å². The largest absolute Gasteiger partial charge is 0.369 e. The summed E-state index contributed by atoms with van der Waals surface area (Å²) < 4.78 is 23.3. The summed E-state index contributed by atoms with van der Waals surface area (Å²) in [5.41, 5.74) is 2.68. The highest BCUT2D eigenvalue weighted by molar-refractivity contribution is 7.93. The van der Waals surface area contributed by atoms with Gasteiger partial charge in [0, 0.05) is 41.6 Å². The van der Waals surface area contributed by atoms with E-state index in [4.69, 9.17) is 5.14 Å². The zero-order valence-corrected chi connectivity index (χ0v) is 19.1. The summed E-state index contributed by atoms with van der Waals surface area (Å²) in [6, 6.07) is 18.4. The first-order chi connectivity index (χ1) is 14.8. The van der Waals surface area contributed by atoms with Crippen LogP contribution in [0.3, 0.4) is 0 Å². The van der Waals surface area contributed by atoms with Gasteiger partial charge >= 0.3 is 0 Å². The molecular weight excluding hydrogens is 428 g/mol. The van der Waals surface area contributed by atoms with Crippen LogP contribution in [0.2, 0.25) is 0 Å². The molecule has 3 aromatic rings. The molecule has 31 heavy (non-hydrogen) atoms. The molecule has 6 nitrogen and oxygen atoms in total. The lowest BCUT2D eigenvalue weighted by Gasteiger charge is -2.34. The zero-order valence-electron chi connectivity index (χ0n) is 17.5. The lowest BCUT2D eigenvalue weighted by Crippen LogP contribution is -2.44. The van der Waals surface area contributed by atoms with Crippen molar-refractivity contribution in [3.8, 4) is 16.5 Å². The number of thiophene rings is 1. The normalized spacial score (nSPS) is 16.3. The highest BCUT2D eigenvalue weighted by Crippen LogP contribution is 2.35. The number of nitriles is 1. The molecule has 2 heterocycles. The molecule has 8 heteroatoms. The average Bonchev–Trinajstić information content (AvgIpc) is 3.23. The number of sulfonamides is 1. The van der Waals surface area contributed by atoms with Crippen LogP contribution in [0.25, 0.3) is 26.8 Å². The van der Waals surface area contributed by atoms with Crippen LogP contribution in [0.15, 0.2) is 53.4 Å². The van der Waals surface area contributed by atoms with E-state index in [0.717, 1.165) is 42.0 Å². The lowest BCUT2D eigenvalue weighted by molar-refractivity contribution is 0.313. The van der Waals surface area contributed by atoms with Crippen molar-refractivity contribution in [2.45, 2.75) is 6.92 Å². The van der Waals surface area contributed by atoms with Crippen molar-refractivity contribution in [3.05, 3.63) is 58.3 Å². The molecule has 1 fully saturated rings. The van der Waals surface area contributed by atoms with Crippen molar-refractivity contribution in [2.24, 2.45) is 5.14 Å². The SMILES string of the molecule is CC(=C(C#N)S(N)(=O)=O)c1ccc(-c2ccc3cc(N4CCN(C)CC4)ccc3c2)s1. The van der Waals surface area contributed by atoms with Gasteiger partial charge < -0.3 is 9.80 Å². The molecule has 0 unspecified atom stereocenters. The first kappa shape index (κ1) is 21.5. The smallest absolute Gasteiger partial charge is 0.248 e. The highest BCUT2D eigenvalue weighted by Gasteiger charge is 2.18. The number of fused-ring (bicyclic) bond motifs is 1. The standard InChI is InChI=1S/C23H24N4O2S2/c1-16(23(15-24)31(25,28)29)21-7-8-22(30-21)19-4-3-18-14-20(6-5-17(18)13-19)27-11-9-26(2)10-12-27/h3-8,13-14H,9-12H2,1-2H3,(H2,25,28,29). The molecular formula is C23H24N4O2S2. The number of allylic oxidation sites excluding steroid dienone is 2. The van der Waals surface area contributed by atoms with E-state index in [1.165, 1.54) is 22.4 Å². The Hall–Kier alpha value is -2.70. The van der Waals surface area contributed by atoms with E-state index in [1.807, 2.05) is 12.1 Å². The van der Waals surface area contributed by atoms with E-state index in [0.29, 0.717) is 10.5 Å². The number of anilines is 1. The molecule has 1 saturated heterocycles. The molecule has 4 rings (SSSR count). The predicted molar refractivity (Wildman–Crippen MR) is 128 cm³/mol. The van der Waals surface area contributed by atoms with E-state index < -0.39 is 14.9 Å². The summed E-state index contributed by atoms with van der Waals surface area (Å²) in [6.07, 6.45) is 0. The van der Waals surface area contributed by atoms with Crippen LogP contribution in [0, 0.1) is 11.3 Å². The van der Waals surface area contributed by atoms with Crippen molar-refractivity contribution in [1.29, 1.82) is 5.26 Å². The molecule has 1 aromatic heterocycles. The van der Waals surface area contributed by atoms with Gasteiger partial charge in [-0.25, -0.2) is 13.6 Å². The lowest BCUT2D eigenvalue weighted by atomic mass is 10.0. The number of piperazine rings is 1. The zero-order chi connectivity index (χ0) is 22.2. The van der Waals surface area contributed by atoms with Crippen LogP contribution < -0.4 is 10.0 Å². The summed E-state index contributed by atoms with van der Waals surface area (Å²) in [4.78, 5) is 6.10. The second-order valence-electron chi connectivity index (χ2n) is 7.81. The Bertz CT molecular complexity index is 1310. The first-order valence-corrected chi connectivity index (χ1v) is 12.3. The van der Waals surface area contributed by atoms with Gasteiger partial charge in [0.05, 0.1) is 0 Å². The Labute approximate surface area is 186 Å². The summed E-state index contributed by atoms with van der Waals surface area (Å²) >= 11 is 1.45. The third kappa shape index (κ3) is 4.50. The second-order valence-corrected chi connectivity index (χ2v) is 10.4. The molecule has 0 amide bonds. The van der Waals surface area contributed by atoms with Crippen LogP contribution in [-0.4, -0.2) is 46.5 Å². The topological polar surface area (TPSA) is 90.4 Å². The molecule has 0 spiro atoms. The van der Waals surface area contributed by atoms with E-state index in [-0.39, 0.29) is 0 Å². The minimum absolute atomic E-state index is 0.374. The minimum atomic E-state index is -4.04. The Morgan fingerprint density at radius 1 is 1.03 bits per heavy atom. The molecule has 160 valence electrons. The number of nitrogens with two attached hydrogens (primary N) is 1. The first-order valence-electron chi connectivity index (χ1n) is 9.98. The van der Waals surface area contributed by atoms with E-state index in [9.17, 15) is 13.7 Å². The van der Waals surface area contributed by atoms with E-state index in [1.54, 1.807) is 13.0 Å². The van der Waals surface area contributed by atoms with Crippen LogP contribution in [-0.2, 0) is 10.0 Å². The van der Waals surface area contributed by atoms with Gasteiger partial charge in [-0.05, 0) is 66.2 Å². The number of likely N-dealkylation sites (N-methyl/N-ethyl adjacent to an activating group) is 1. The summed E-state index contributed by atoms with van der Waals surface area (Å²) in [7, 11) is -1.89. The van der Waals surface area contributed by atoms with Crippen LogP contribution in [0.1, 0.15) is 11.8 Å². The monoisotopic (exact) mass is 452 g/mol. The van der Waals surface area contributed by atoms with Crippen LogP contribution in [0.5, 0.6) is 0 Å². The molecule has 0 saturated carbocycles.